The number of aromatic nitrogens is 3. The summed E-state index contributed by atoms with van der Waals surface area (Å²) in [6.07, 6.45) is 4.12. The van der Waals surface area contributed by atoms with Crippen molar-refractivity contribution in [1.29, 1.82) is 5.26 Å². The molecule has 1 unspecified atom stereocenters. The molecule has 0 saturated carbocycles. The summed E-state index contributed by atoms with van der Waals surface area (Å²) < 4.78 is 1.70. The normalized spacial score (nSPS) is 11.6. The Bertz CT molecular complexity index is 573. The standard InChI is InChI=1S/C14H15N5O/c15-11-13(12-5-2-1-3-6-12)14(20)16-7-4-9-19-10-8-17-18-19/h1-3,5-6,8,10,13H,4,7,9H2,(H,16,20). The van der Waals surface area contributed by atoms with Gasteiger partial charge in [0.25, 0.3) is 0 Å². The third-order valence-electron chi connectivity index (χ3n) is 2.86. The molecule has 1 amide bonds. The van der Waals surface area contributed by atoms with E-state index >= 15 is 0 Å². The minimum absolute atomic E-state index is 0.266. The lowest BCUT2D eigenvalue weighted by Crippen LogP contribution is -2.30. The Morgan fingerprint density at radius 3 is 2.85 bits per heavy atom. The van der Waals surface area contributed by atoms with Gasteiger partial charge in [0, 0.05) is 19.3 Å². The van der Waals surface area contributed by atoms with Crippen molar-refractivity contribution < 1.29 is 4.79 Å². The van der Waals surface area contributed by atoms with Crippen molar-refractivity contribution in [3.05, 3.63) is 48.3 Å². The zero-order valence-electron chi connectivity index (χ0n) is 10.9. The van der Waals surface area contributed by atoms with Gasteiger partial charge in [-0.15, -0.1) is 5.10 Å². The maximum atomic E-state index is 12.0. The van der Waals surface area contributed by atoms with Gasteiger partial charge in [0.1, 0.15) is 5.92 Å². The first-order chi connectivity index (χ1) is 9.81. The van der Waals surface area contributed by atoms with Gasteiger partial charge in [-0.3, -0.25) is 9.48 Å². The quantitative estimate of drug-likeness (QED) is 0.796. The van der Waals surface area contributed by atoms with Gasteiger partial charge in [0.15, 0.2) is 0 Å². The highest BCUT2D eigenvalue weighted by Crippen LogP contribution is 2.14. The van der Waals surface area contributed by atoms with E-state index in [-0.39, 0.29) is 5.91 Å². The van der Waals surface area contributed by atoms with Crippen LogP contribution in [0.4, 0.5) is 0 Å². The molecule has 1 heterocycles. The molecule has 2 rings (SSSR count). The molecular weight excluding hydrogens is 254 g/mol. The molecule has 0 radical (unpaired) electrons. The van der Waals surface area contributed by atoms with Crippen molar-refractivity contribution in [2.24, 2.45) is 0 Å². The second-order valence-electron chi connectivity index (χ2n) is 4.28. The van der Waals surface area contributed by atoms with E-state index in [2.05, 4.69) is 15.6 Å². The summed E-state index contributed by atoms with van der Waals surface area (Å²) in [5.41, 5.74) is 0.712. The molecule has 0 aliphatic carbocycles. The number of aryl methyl sites for hydroxylation is 1. The number of hydrogen-bond donors (Lipinski definition) is 1. The Hall–Kier alpha value is -2.68. The van der Waals surface area contributed by atoms with Gasteiger partial charge in [0.05, 0.1) is 12.3 Å². The van der Waals surface area contributed by atoms with E-state index < -0.39 is 5.92 Å². The van der Waals surface area contributed by atoms with E-state index in [4.69, 9.17) is 5.26 Å². The number of carbonyl (C=O) groups excluding carboxylic acids is 1. The molecule has 102 valence electrons. The minimum atomic E-state index is -0.762. The molecule has 0 spiro atoms. The van der Waals surface area contributed by atoms with Gasteiger partial charge in [-0.05, 0) is 12.0 Å². The van der Waals surface area contributed by atoms with Gasteiger partial charge in [-0.2, -0.15) is 5.26 Å². The molecule has 6 nitrogen and oxygen atoms in total. The van der Waals surface area contributed by atoms with Crippen LogP contribution < -0.4 is 5.32 Å². The first-order valence-corrected chi connectivity index (χ1v) is 6.37. The fourth-order valence-electron chi connectivity index (χ4n) is 1.84. The van der Waals surface area contributed by atoms with Crippen LogP contribution in [0.1, 0.15) is 17.9 Å². The van der Waals surface area contributed by atoms with Gasteiger partial charge in [-0.1, -0.05) is 35.5 Å². The zero-order chi connectivity index (χ0) is 14.2. The molecule has 0 saturated heterocycles. The Morgan fingerprint density at radius 2 is 2.20 bits per heavy atom. The molecule has 20 heavy (non-hydrogen) atoms. The number of benzene rings is 1. The Kier molecular flexibility index (Phi) is 4.84. The molecule has 0 bridgehead atoms. The van der Waals surface area contributed by atoms with Crippen LogP contribution in [0.15, 0.2) is 42.7 Å². The fraction of sp³-hybridized carbons (Fsp3) is 0.286. The Balaban J connectivity index is 1.80. The van der Waals surface area contributed by atoms with Crippen molar-refractivity contribution in [2.45, 2.75) is 18.9 Å². The average molecular weight is 269 g/mol. The number of amides is 1. The monoisotopic (exact) mass is 269 g/mol. The van der Waals surface area contributed by atoms with E-state index in [1.54, 1.807) is 29.2 Å². The Morgan fingerprint density at radius 1 is 1.40 bits per heavy atom. The first kappa shape index (κ1) is 13.7. The van der Waals surface area contributed by atoms with Crippen LogP contribution in [0.3, 0.4) is 0 Å². The van der Waals surface area contributed by atoms with Crippen molar-refractivity contribution >= 4 is 5.91 Å². The first-order valence-electron chi connectivity index (χ1n) is 6.37. The Labute approximate surface area is 117 Å². The van der Waals surface area contributed by atoms with Crippen molar-refractivity contribution in [1.82, 2.24) is 20.3 Å². The lowest BCUT2D eigenvalue weighted by atomic mass is 10.00. The molecule has 6 heteroatoms. The molecule has 2 aromatic rings. The molecule has 1 aromatic heterocycles. The summed E-state index contributed by atoms with van der Waals surface area (Å²) in [7, 11) is 0. The SMILES string of the molecule is N#CC(C(=O)NCCCn1ccnn1)c1ccccc1. The maximum Gasteiger partial charge on any atom is 0.241 e. The van der Waals surface area contributed by atoms with E-state index in [0.717, 1.165) is 6.42 Å². The van der Waals surface area contributed by atoms with Crippen LogP contribution in [0.25, 0.3) is 0 Å². The molecule has 0 aliphatic rings. The third kappa shape index (κ3) is 3.65. The number of nitrogens with one attached hydrogen (secondary N) is 1. The van der Waals surface area contributed by atoms with Crippen LogP contribution >= 0.6 is 0 Å². The highest BCUT2D eigenvalue weighted by Gasteiger charge is 2.18. The number of rotatable bonds is 6. The van der Waals surface area contributed by atoms with Gasteiger partial charge >= 0.3 is 0 Å². The summed E-state index contributed by atoms with van der Waals surface area (Å²) in [5, 5.41) is 19.4. The van der Waals surface area contributed by atoms with E-state index in [9.17, 15) is 4.79 Å². The highest BCUT2D eigenvalue weighted by molar-refractivity contribution is 5.86. The predicted molar refractivity (Wildman–Crippen MR) is 72.4 cm³/mol. The van der Waals surface area contributed by atoms with E-state index in [1.807, 2.05) is 24.3 Å². The molecule has 1 atom stereocenters. The second kappa shape index (κ2) is 7.04. The molecule has 0 aliphatic heterocycles. The van der Waals surface area contributed by atoms with Gasteiger partial charge < -0.3 is 5.32 Å². The van der Waals surface area contributed by atoms with Crippen molar-refractivity contribution in [3.63, 3.8) is 0 Å². The number of carbonyl (C=O) groups is 1. The van der Waals surface area contributed by atoms with E-state index in [1.165, 1.54) is 0 Å². The largest absolute Gasteiger partial charge is 0.355 e. The number of nitrogens with zero attached hydrogens (tertiary/aromatic N) is 4. The number of nitriles is 1. The van der Waals surface area contributed by atoms with Crippen LogP contribution in [0.2, 0.25) is 0 Å². The summed E-state index contributed by atoms with van der Waals surface area (Å²) >= 11 is 0. The third-order valence-corrected chi connectivity index (χ3v) is 2.86. The average Bonchev–Trinajstić information content (AvgIpc) is 2.99. The predicted octanol–water partition coefficient (Wildman–Crippen LogP) is 1.09. The van der Waals surface area contributed by atoms with Gasteiger partial charge in [0.2, 0.25) is 5.91 Å². The summed E-state index contributed by atoms with van der Waals surface area (Å²) in [5.74, 6) is -1.03. The minimum Gasteiger partial charge on any atom is -0.355 e. The lowest BCUT2D eigenvalue weighted by Gasteiger charge is -2.10. The number of hydrogen-bond acceptors (Lipinski definition) is 4. The lowest BCUT2D eigenvalue weighted by molar-refractivity contribution is -0.121. The van der Waals surface area contributed by atoms with E-state index in [0.29, 0.717) is 18.7 Å². The van der Waals surface area contributed by atoms with Crippen LogP contribution in [0.5, 0.6) is 0 Å². The van der Waals surface area contributed by atoms with Crippen LogP contribution in [-0.4, -0.2) is 27.4 Å². The van der Waals surface area contributed by atoms with Crippen molar-refractivity contribution in [2.75, 3.05) is 6.54 Å². The highest BCUT2D eigenvalue weighted by atomic mass is 16.1. The topological polar surface area (TPSA) is 83.6 Å². The molecular formula is C14H15N5O. The van der Waals surface area contributed by atoms with Crippen LogP contribution in [-0.2, 0) is 11.3 Å². The smallest absolute Gasteiger partial charge is 0.241 e. The molecule has 1 aromatic carbocycles. The molecule has 0 fully saturated rings. The zero-order valence-corrected chi connectivity index (χ0v) is 10.9. The summed E-state index contributed by atoms with van der Waals surface area (Å²) in [6, 6.07) is 11.1. The molecule has 1 N–H and O–H groups in total. The van der Waals surface area contributed by atoms with Crippen molar-refractivity contribution in [3.8, 4) is 6.07 Å². The summed E-state index contributed by atoms with van der Waals surface area (Å²) in [4.78, 5) is 12.0. The van der Waals surface area contributed by atoms with Gasteiger partial charge in [-0.25, -0.2) is 0 Å². The van der Waals surface area contributed by atoms with Crippen LogP contribution in [0, 0.1) is 11.3 Å². The second-order valence-corrected chi connectivity index (χ2v) is 4.28. The fourth-order valence-corrected chi connectivity index (χ4v) is 1.84. The maximum absolute atomic E-state index is 12.0. The summed E-state index contributed by atoms with van der Waals surface area (Å²) in [6.45, 7) is 1.19.